The van der Waals surface area contributed by atoms with E-state index in [4.69, 9.17) is 4.74 Å². The van der Waals surface area contributed by atoms with Crippen LogP contribution in [0.15, 0.2) is 60.7 Å². The highest BCUT2D eigenvalue weighted by molar-refractivity contribution is 8.14. The average molecular weight is 320 g/mol. The van der Waals surface area contributed by atoms with E-state index in [-0.39, 0.29) is 5.24 Å². The number of carbonyl (C=O) groups is 1. The van der Waals surface area contributed by atoms with Gasteiger partial charge in [-0.05, 0) is 11.1 Å². The van der Waals surface area contributed by atoms with E-state index >= 15 is 0 Å². The summed E-state index contributed by atoms with van der Waals surface area (Å²) in [6, 6.07) is 19.6. The zero-order valence-electron chi connectivity index (χ0n) is 11.3. The molecule has 1 N–H and O–H groups in total. The first-order valence-electron chi connectivity index (χ1n) is 6.37. The van der Waals surface area contributed by atoms with Crippen molar-refractivity contribution in [3.05, 3.63) is 71.8 Å². The maximum Gasteiger partial charge on any atom is 0.371 e. The van der Waals surface area contributed by atoms with Crippen molar-refractivity contribution in [1.82, 2.24) is 0 Å². The number of thiol groups is 1. The van der Waals surface area contributed by atoms with E-state index in [1.807, 2.05) is 60.7 Å². The Kier molecular flexibility index (Phi) is 6.04. The third-order valence-corrected chi connectivity index (χ3v) is 4.82. The summed E-state index contributed by atoms with van der Waals surface area (Å²) in [5, 5.41) is 8.98. The molecule has 2 rings (SSSR count). The zero-order chi connectivity index (χ0) is 15.1. The highest BCUT2D eigenvalue weighted by Gasteiger charge is 2.10. The molecule has 0 aliphatic carbocycles. The number of hydrogen-bond donors (Lipinski definition) is 2. The van der Waals surface area contributed by atoms with Crippen LogP contribution in [0.25, 0.3) is 0 Å². The topological polar surface area (TPSA) is 46.5 Å². The van der Waals surface area contributed by atoms with Crippen LogP contribution >= 0.6 is 23.1 Å². The summed E-state index contributed by atoms with van der Waals surface area (Å²) >= 11 is 3.55. The van der Waals surface area contributed by atoms with Gasteiger partial charge in [-0.2, -0.15) is 0 Å². The Labute approximate surface area is 131 Å². The van der Waals surface area contributed by atoms with Gasteiger partial charge >= 0.3 is 5.30 Å². The van der Waals surface area contributed by atoms with Crippen molar-refractivity contribution in [2.75, 3.05) is 0 Å². The zero-order valence-corrected chi connectivity index (χ0v) is 13.0. The standard InChI is InChI=1S/C16H16O3S2/c17-15(20)19-16(18)21(11-13-7-3-1-4-8-13)12-14-9-5-2-6-10-14/h1-10,18H,11-12H2,(H,17,20). The number of benzene rings is 2. The molecule has 0 spiro atoms. The van der Waals surface area contributed by atoms with Crippen LogP contribution in [0.4, 0.5) is 4.79 Å². The van der Waals surface area contributed by atoms with Crippen molar-refractivity contribution in [2.24, 2.45) is 0 Å². The molecule has 5 heteroatoms. The normalized spacial score (nSPS) is 10.4. The van der Waals surface area contributed by atoms with Gasteiger partial charge in [-0.15, -0.1) is 10.5 Å². The summed E-state index contributed by atoms with van der Waals surface area (Å²) < 4.78 is 4.77. The first-order valence-corrected chi connectivity index (χ1v) is 8.38. The second kappa shape index (κ2) is 8.02. The van der Waals surface area contributed by atoms with Crippen LogP contribution in [0.3, 0.4) is 0 Å². The van der Waals surface area contributed by atoms with Crippen molar-refractivity contribution >= 4 is 33.7 Å². The van der Waals surface area contributed by atoms with E-state index in [1.165, 1.54) is 0 Å². The van der Waals surface area contributed by atoms with Gasteiger partial charge in [0.2, 0.25) is 0 Å². The molecule has 0 radical (unpaired) electrons. The highest BCUT2D eigenvalue weighted by Crippen LogP contribution is 2.27. The van der Waals surface area contributed by atoms with E-state index < -0.39 is 15.8 Å². The molecule has 0 saturated heterocycles. The molecule has 0 fully saturated rings. The van der Waals surface area contributed by atoms with Crippen molar-refractivity contribution < 1.29 is 14.6 Å². The molecule has 0 aromatic heterocycles. The molecule has 0 amide bonds. The molecule has 2 aromatic rings. The molecule has 0 aliphatic rings. The molecule has 0 bridgehead atoms. The lowest BCUT2D eigenvalue weighted by Crippen LogP contribution is -2.07. The Morgan fingerprint density at radius 3 is 1.76 bits per heavy atom. The SMILES string of the molecule is O=C(S)OC(O)=S(Cc1ccccc1)Cc1ccccc1. The monoisotopic (exact) mass is 320 g/mol. The third kappa shape index (κ3) is 5.38. The molecule has 0 heterocycles. The molecular weight excluding hydrogens is 304 g/mol. The Morgan fingerprint density at radius 2 is 1.38 bits per heavy atom. The summed E-state index contributed by atoms with van der Waals surface area (Å²) in [7, 11) is -0.611. The van der Waals surface area contributed by atoms with E-state index in [0.717, 1.165) is 11.1 Å². The molecule has 21 heavy (non-hydrogen) atoms. The lowest BCUT2D eigenvalue weighted by Gasteiger charge is -2.12. The van der Waals surface area contributed by atoms with Gasteiger partial charge in [-0.25, -0.2) is 4.79 Å². The third-order valence-electron chi connectivity index (χ3n) is 2.79. The predicted molar refractivity (Wildman–Crippen MR) is 91.0 cm³/mol. The fourth-order valence-electron chi connectivity index (χ4n) is 1.86. The summed E-state index contributed by atoms with van der Waals surface area (Å²) in [5.74, 6) is 1.23. The van der Waals surface area contributed by atoms with Crippen molar-refractivity contribution in [3.63, 3.8) is 0 Å². The number of aliphatic hydroxyl groups is 1. The summed E-state index contributed by atoms with van der Waals surface area (Å²) in [5.41, 5.74) is 2.16. The minimum Gasteiger partial charge on any atom is -0.390 e. The fourth-order valence-corrected chi connectivity index (χ4v) is 3.74. The second-order valence-corrected chi connectivity index (χ2v) is 6.66. The molecule has 3 nitrogen and oxygen atoms in total. The van der Waals surface area contributed by atoms with Gasteiger partial charge in [0.1, 0.15) is 0 Å². The van der Waals surface area contributed by atoms with Gasteiger partial charge < -0.3 is 9.84 Å². The van der Waals surface area contributed by atoms with Crippen molar-refractivity contribution in [1.29, 1.82) is 0 Å². The molecule has 2 aromatic carbocycles. The minimum absolute atomic E-state index is 0.261. The van der Waals surface area contributed by atoms with Gasteiger partial charge in [-0.1, -0.05) is 73.3 Å². The Bertz CT molecular complexity index is 581. The average Bonchev–Trinajstić information content (AvgIpc) is 2.48. The van der Waals surface area contributed by atoms with Crippen LogP contribution in [0.5, 0.6) is 0 Å². The summed E-state index contributed by atoms with van der Waals surface area (Å²) in [6.07, 6.45) is 0. The first-order chi connectivity index (χ1) is 10.1. The van der Waals surface area contributed by atoms with Crippen LogP contribution < -0.4 is 0 Å². The summed E-state index contributed by atoms with van der Waals surface area (Å²) in [4.78, 5) is 10.9. The highest BCUT2D eigenvalue weighted by atomic mass is 32.2. The molecule has 0 saturated carbocycles. The lowest BCUT2D eigenvalue weighted by molar-refractivity contribution is 0.214. The first kappa shape index (κ1) is 15.8. The number of ether oxygens (including phenoxy) is 1. The van der Waals surface area contributed by atoms with Crippen LogP contribution in [0.2, 0.25) is 0 Å². The van der Waals surface area contributed by atoms with Gasteiger partial charge in [0.05, 0.1) is 0 Å². The predicted octanol–water partition coefficient (Wildman–Crippen LogP) is 4.37. The van der Waals surface area contributed by atoms with Gasteiger partial charge in [0.15, 0.2) is 0 Å². The van der Waals surface area contributed by atoms with Crippen LogP contribution in [-0.2, 0) is 16.2 Å². The largest absolute Gasteiger partial charge is 0.390 e. The molecule has 0 unspecified atom stereocenters. The number of hydrogen-bond acceptors (Lipinski definition) is 2. The molecule has 0 aliphatic heterocycles. The fraction of sp³-hybridized carbons (Fsp3) is 0.125. The molecule has 110 valence electrons. The van der Waals surface area contributed by atoms with E-state index in [2.05, 4.69) is 12.6 Å². The van der Waals surface area contributed by atoms with Crippen molar-refractivity contribution in [2.45, 2.75) is 11.5 Å². The van der Waals surface area contributed by atoms with Gasteiger partial charge in [-0.3, -0.25) is 0 Å². The molecular formula is C16H16O3S2. The second-order valence-electron chi connectivity index (χ2n) is 4.39. The maximum absolute atomic E-state index is 10.9. The smallest absolute Gasteiger partial charge is 0.371 e. The maximum atomic E-state index is 10.9. The molecule has 0 atom stereocenters. The number of aliphatic hydroxyl groups excluding tert-OH is 1. The van der Waals surface area contributed by atoms with Gasteiger partial charge in [0.25, 0.3) is 5.24 Å². The van der Waals surface area contributed by atoms with Crippen LogP contribution in [-0.4, -0.2) is 15.6 Å². The van der Waals surface area contributed by atoms with Crippen molar-refractivity contribution in [3.8, 4) is 0 Å². The van der Waals surface area contributed by atoms with E-state index in [0.29, 0.717) is 11.5 Å². The Hall–Kier alpha value is -1.56. The lowest BCUT2D eigenvalue weighted by atomic mass is 10.2. The summed E-state index contributed by atoms with van der Waals surface area (Å²) in [6.45, 7) is 0. The minimum atomic E-state index is -0.800. The Morgan fingerprint density at radius 1 is 0.952 bits per heavy atom. The number of rotatable bonds is 4. The van der Waals surface area contributed by atoms with Crippen LogP contribution in [0.1, 0.15) is 11.1 Å². The van der Waals surface area contributed by atoms with Gasteiger partial charge in [0, 0.05) is 11.5 Å². The van der Waals surface area contributed by atoms with E-state index in [9.17, 15) is 9.90 Å². The number of carbonyl (C=O) groups excluding carboxylic acids is 1. The Balaban J connectivity index is 2.24. The van der Waals surface area contributed by atoms with Crippen LogP contribution in [0, 0.1) is 0 Å². The quantitative estimate of drug-likeness (QED) is 0.499. The van der Waals surface area contributed by atoms with E-state index in [1.54, 1.807) is 0 Å².